The third-order valence-corrected chi connectivity index (χ3v) is 16.6. The van der Waals surface area contributed by atoms with Crippen LogP contribution in [0.3, 0.4) is 0 Å². The van der Waals surface area contributed by atoms with Crippen LogP contribution >= 0.6 is 0 Å². The summed E-state index contributed by atoms with van der Waals surface area (Å²) in [5.74, 6) is 2.06. The Morgan fingerprint density at radius 2 is 1.03 bits per heavy atom. The van der Waals surface area contributed by atoms with Crippen LogP contribution < -0.4 is 14.5 Å². The molecule has 3 aliphatic rings. The van der Waals surface area contributed by atoms with E-state index in [9.17, 15) is 0 Å². The number of pyridine rings is 1. The van der Waals surface area contributed by atoms with Crippen molar-refractivity contribution in [3.05, 3.63) is 258 Å². The molecule has 0 saturated carbocycles. The van der Waals surface area contributed by atoms with Gasteiger partial charge in [-0.3, -0.25) is 0 Å². The number of rotatable bonds is 7. The summed E-state index contributed by atoms with van der Waals surface area (Å²) in [6.45, 7) is 22.9. The Hall–Kier alpha value is -7.98. The first-order chi connectivity index (χ1) is 37.6. The van der Waals surface area contributed by atoms with Crippen molar-refractivity contribution in [3.8, 4) is 50.7 Å². The molecule has 0 atom stereocenters. The van der Waals surface area contributed by atoms with Crippen molar-refractivity contribution in [2.75, 3.05) is 9.80 Å². The molecule has 0 bridgehead atoms. The van der Waals surface area contributed by atoms with Gasteiger partial charge in [0.15, 0.2) is 0 Å². The maximum absolute atomic E-state index is 7.19. The smallest absolute Gasteiger partial charge is 0.135 e. The van der Waals surface area contributed by atoms with E-state index in [4.69, 9.17) is 9.72 Å². The van der Waals surface area contributed by atoms with E-state index in [1.165, 1.54) is 66.4 Å². The van der Waals surface area contributed by atoms with Crippen molar-refractivity contribution in [1.82, 2.24) is 9.55 Å². The van der Waals surface area contributed by atoms with Crippen molar-refractivity contribution in [2.45, 2.75) is 84.0 Å². The van der Waals surface area contributed by atoms with Crippen molar-refractivity contribution in [3.63, 3.8) is 0 Å². The normalized spacial score (nSPS) is 14.0. The van der Waals surface area contributed by atoms with Gasteiger partial charge in [-0.2, -0.15) is 6.07 Å². The molecule has 9 aromatic carbocycles. The zero-order chi connectivity index (χ0) is 53.5. The number of fused-ring (bicyclic) bond motifs is 8. The molecule has 6 heteroatoms. The Morgan fingerprint density at radius 3 is 1.70 bits per heavy atom. The number of benzene rings is 9. The van der Waals surface area contributed by atoms with Gasteiger partial charge < -0.3 is 19.1 Å². The molecule has 1 aliphatic heterocycles. The fourth-order valence-corrected chi connectivity index (χ4v) is 12.7. The van der Waals surface area contributed by atoms with E-state index >= 15 is 0 Å². The number of nitrogens with zero attached hydrogens (tertiary/aromatic N) is 4. The van der Waals surface area contributed by atoms with Crippen LogP contribution in [0.1, 0.15) is 101 Å². The second kappa shape index (κ2) is 18.3. The maximum atomic E-state index is 7.19. The molecule has 14 rings (SSSR count). The second-order valence-corrected chi connectivity index (χ2v) is 24.5. The summed E-state index contributed by atoms with van der Waals surface area (Å²) < 4.78 is 9.49. The molecule has 392 valence electrons. The van der Waals surface area contributed by atoms with Gasteiger partial charge in [0, 0.05) is 77.9 Å². The van der Waals surface area contributed by atoms with Gasteiger partial charge in [0.25, 0.3) is 0 Å². The largest absolute Gasteiger partial charge is 0.509 e. The molecule has 0 N–H and O–H groups in total. The van der Waals surface area contributed by atoms with E-state index < -0.39 is 5.41 Å². The topological polar surface area (TPSA) is 33.5 Å². The van der Waals surface area contributed by atoms with Crippen molar-refractivity contribution in [2.24, 2.45) is 0 Å². The second-order valence-electron chi connectivity index (χ2n) is 24.5. The van der Waals surface area contributed by atoms with E-state index in [1.54, 1.807) is 0 Å². The summed E-state index contributed by atoms with van der Waals surface area (Å²) in [6, 6.07) is 78.6. The molecule has 0 saturated heterocycles. The SMILES string of the molecule is CC(C)(C)c1cc(-c2cccc(-c3ccccc3)c2N2[CH-]N(c3[c-]c(Oc4[c-]c5c6c(c4)C4(c7ccccc7-c7ccccc74)c4cccc(c46)n5-c4cc(C(C)(C)C)ccn4)ccc3)c3ccccc32)cc(C(C)(C)C)c1.[Pt]. The Balaban J connectivity index is 0.00000591. The van der Waals surface area contributed by atoms with E-state index in [2.05, 4.69) is 284 Å². The Bertz CT molecular complexity index is 4170. The number of hydrogen-bond acceptors (Lipinski definition) is 4. The summed E-state index contributed by atoms with van der Waals surface area (Å²) >= 11 is 0. The van der Waals surface area contributed by atoms with Crippen LogP contribution in [0.4, 0.5) is 22.7 Å². The van der Waals surface area contributed by atoms with Gasteiger partial charge in [0.05, 0.1) is 0 Å². The number of para-hydroxylation sites is 3. The van der Waals surface area contributed by atoms with Crippen LogP contribution in [0.25, 0.3) is 61.0 Å². The van der Waals surface area contributed by atoms with Crippen LogP contribution in [0.5, 0.6) is 11.5 Å². The molecule has 79 heavy (non-hydrogen) atoms. The summed E-state index contributed by atoms with van der Waals surface area (Å²) in [7, 11) is 0. The molecular weight excluding hydrogens is 1140 g/mol. The van der Waals surface area contributed by atoms with Gasteiger partial charge >= 0.3 is 0 Å². The first-order valence-electron chi connectivity index (χ1n) is 27.4. The maximum Gasteiger partial charge on any atom is 0.135 e. The quantitative estimate of drug-likeness (QED) is 0.149. The Morgan fingerprint density at radius 1 is 0.456 bits per heavy atom. The fraction of sp³-hybridized carbons (Fsp3) is 0.178. The predicted molar refractivity (Wildman–Crippen MR) is 322 cm³/mol. The molecule has 3 heterocycles. The molecule has 0 radical (unpaired) electrons. The molecule has 2 aromatic heterocycles. The van der Waals surface area contributed by atoms with Gasteiger partial charge in [0.2, 0.25) is 0 Å². The molecule has 0 amide bonds. The van der Waals surface area contributed by atoms with E-state index in [0.29, 0.717) is 11.5 Å². The minimum atomic E-state index is -0.566. The first-order valence-corrected chi connectivity index (χ1v) is 27.4. The average molecular weight is 1210 g/mol. The third-order valence-electron chi connectivity index (χ3n) is 16.6. The van der Waals surface area contributed by atoms with Gasteiger partial charge in [-0.05, 0) is 108 Å². The zero-order valence-corrected chi connectivity index (χ0v) is 48.4. The van der Waals surface area contributed by atoms with E-state index in [1.807, 2.05) is 12.3 Å². The summed E-state index contributed by atoms with van der Waals surface area (Å²) in [4.78, 5) is 9.71. The Kier molecular flexibility index (Phi) is 11.7. The van der Waals surface area contributed by atoms with Gasteiger partial charge in [0.1, 0.15) is 5.82 Å². The molecule has 0 unspecified atom stereocenters. The van der Waals surface area contributed by atoms with Crippen LogP contribution in [0.15, 0.2) is 200 Å². The summed E-state index contributed by atoms with van der Waals surface area (Å²) in [5, 5.41) is 2.41. The van der Waals surface area contributed by atoms with Crippen LogP contribution in [0.2, 0.25) is 0 Å². The van der Waals surface area contributed by atoms with Gasteiger partial charge in [-0.1, -0.05) is 213 Å². The van der Waals surface area contributed by atoms with Crippen molar-refractivity contribution < 1.29 is 25.8 Å². The standard InChI is InChI=1S/C73H61N4O.Pt/c1-70(2,3)48-36-37-74-66(41-48)77-64-35-21-32-60-67(64)68-61(73(60)58-30-15-13-26-56(58)57-27-14-16-31-59(57)73)43-53(44-65(68)77)78-52-25-19-24-51(42-52)75-45-76(63-34-18-17-33-62(63)75)69-54(46-22-11-10-12-23-46)28-20-29-55(69)47-38-49(71(4,5)6)40-50(39-47)72(7,8)9;/h10-41,43,45H,1-9H3;/q-3;. The number of anilines is 4. The number of ether oxygens (including phenoxy) is 1. The van der Waals surface area contributed by atoms with Crippen LogP contribution in [0, 0.1) is 18.8 Å². The Labute approximate surface area is 479 Å². The first kappa shape index (κ1) is 50.5. The molecule has 0 fully saturated rings. The van der Waals surface area contributed by atoms with Crippen LogP contribution in [-0.4, -0.2) is 9.55 Å². The van der Waals surface area contributed by atoms with Crippen molar-refractivity contribution in [1.29, 1.82) is 0 Å². The van der Waals surface area contributed by atoms with Gasteiger partial charge in [-0.15, -0.1) is 48.3 Å². The molecular formula is C73H61N4OPt-3. The monoisotopic (exact) mass is 1200 g/mol. The molecule has 1 spiro atoms. The average Bonchev–Trinajstić information content (AvgIpc) is 2.42. The van der Waals surface area contributed by atoms with E-state index in [-0.39, 0.29) is 37.3 Å². The predicted octanol–water partition coefficient (Wildman–Crippen LogP) is 18.9. The van der Waals surface area contributed by atoms with E-state index in [0.717, 1.165) is 56.3 Å². The minimum absolute atomic E-state index is 0. The number of aromatic nitrogens is 2. The summed E-state index contributed by atoms with van der Waals surface area (Å²) in [6.07, 6.45) is 1.94. The minimum Gasteiger partial charge on any atom is -0.509 e. The molecule has 11 aromatic rings. The van der Waals surface area contributed by atoms with Gasteiger partial charge in [-0.25, -0.2) is 4.98 Å². The summed E-state index contributed by atoms with van der Waals surface area (Å²) in [5.41, 5.74) is 21.4. The molecule has 5 nitrogen and oxygen atoms in total. The third kappa shape index (κ3) is 7.86. The number of hydrogen-bond donors (Lipinski definition) is 0. The molecule has 2 aliphatic carbocycles. The fourth-order valence-electron chi connectivity index (χ4n) is 12.7. The zero-order valence-electron chi connectivity index (χ0n) is 46.1. The van der Waals surface area contributed by atoms with Crippen LogP contribution in [-0.2, 0) is 42.7 Å². The van der Waals surface area contributed by atoms with Crippen molar-refractivity contribution >= 4 is 44.6 Å².